The number of rotatable bonds is 7. The van der Waals surface area contributed by atoms with E-state index in [-0.39, 0.29) is 0 Å². The second kappa shape index (κ2) is 7.92. The smallest absolute Gasteiger partial charge is 0.320 e. The number of carboxylic acid groups (broad SMARTS) is 1. The lowest BCUT2D eigenvalue weighted by molar-refractivity contribution is -0.138. The van der Waals surface area contributed by atoms with Gasteiger partial charge in [-0.2, -0.15) is 11.8 Å². The highest BCUT2D eigenvalue weighted by atomic mass is 32.2. The van der Waals surface area contributed by atoms with Gasteiger partial charge in [-0.1, -0.05) is 6.42 Å². The Morgan fingerprint density at radius 3 is 2.62 bits per heavy atom. The Morgan fingerprint density at radius 2 is 2.00 bits per heavy atom. The second-order valence-electron chi connectivity index (χ2n) is 4.25. The Morgan fingerprint density at radius 1 is 1.31 bits per heavy atom. The molecule has 0 spiro atoms. The lowest BCUT2D eigenvalue weighted by atomic mass is 10.1. The maximum atomic E-state index is 10.5. The molecule has 0 aromatic carbocycles. The first-order valence-corrected chi connectivity index (χ1v) is 7.14. The Hall–Kier alpha value is -0.260. The fraction of sp³-hybridized carbons (Fsp3) is 0.909. The molecule has 0 aromatic heterocycles. The van der Waals surface area contributed by atoms with E-state index in [0.29, 0.717) is 6.42 Å². The topological polar surface area (TPSA) is 66.6 Å². The molecule has 16 heavy (non-hydrogen) atoms. The summed E-state index contributed by atoms with van der Waals surface area (Å²) in [6, 6.07) is -0.692. The van der Waals surface area contributed by atoms with Crippen LogP contribution in [0.2, 0.25) is 0 Å². The SMILES string of the molecule is NC(CCSCCN1CCCCC1)C(=O)O. The quantitative estimate of drug-likeness (QED) is 0.656. The molecule has 0 radical (unpaired) electrons. The molecule has 1 aliphatic heterocycles. The maximum absolute atomic E-state index is 10.5. The molecule has 1 rings (SSSR count). The molecular formula is C11H22N2O2S. The monoisotopic (exact) mass is 246 g/mol. The summed E-state index contributed by atoms with van der Waals surface area (Å²) in [4.78, 5) is 13.0. The van der Waals surface area contributed by atoms with Crippen molar-refractivity contribution in [2.75, 3.05) is 31.1 Å². The van der Waals surface area contributed by atoms with Crippen molar-refractivity contribution in [3.8, 4) is 0 Å². The summed E-state index contributed by atoms with van der Waals surface area (Å²) in [5.41, 5.74) is 5.42. The lowest BCUT2D eigenvalue weighted by Crippen LogP contribution is -2.32. The van der Waals surface area contributed by atoms with E-state index < -0.39 is 12.0 Å². The Bertz CT molecular complexity index is 208. The van der Waals surface area contributed by atoms with E-state index in [1.54, 1.807) is 0 Å². The molecular weight excluding hydrogens is 224 g/mol. The summed E-state index contributed by atoms with van der Waals surface area (Å²) in [7, 11) is 0. The van der Waals surface area contributed by atoms with Crippen molar-refractivity contribution in [2.45, 2.75) is 31.7 Å². The molecule has 1 atom stereocenters. The number of likely N-dealkylation sites (tertiary alicyclic amines) is 1. The molecule has 0 bridgehead atoms. The van der Waals surface area contributed by atoms with E-state index in [2.05, 4.69) is 4.90 Å². The summed E-state index contributed by atoms with van der Waals surface area (Å²) in [6.45, 7) is 3.59. The summed E-state index contributed by atoms with van der Waals surface area (Å²) in [5.74, 6) is 1.05. The molecule has 1 saturated heterocycles. The number of carboxylic acids is 1. The predicted octanol–water partition coefficient (Wildman–Crippen LogP) is 1.01. The van der Waals surface area contributed by atoms with E-state index in [9.17, 15) is 4.79 Å². The third kappa shape index (κ3) is 5.72. The van der Waals surface area contributed by atoms with Crippen molar-refractivity contribution in [1.82, 2.24) is 4.90 Å². The molecule has 1 fully saturated rings. The number of carbonyl (C=O) groups is 1. The van der Waals surface area contributed by atoms with Crippen LogP contribution in [0.25, 0.3) is 0 Å². The maximum Gasteiger partial charge on any atom is 0.320 e. The summed E-state index contributed by atoms with van der Waals surface area (Å²) in [6.07, 6.45) is 4.60. The van der Waals surface area contributed by atoms with Gasteiger partial charge in [-0.05, 0) is 38.1 Å². The lowest BCUT2D eigenvalue weighted by Gasteiger charge is -2.26. The summed E-state index contributed by atoms with van der Waals surface area (Å²) < 4.78 is 0. The molecule has 3 N–H and O–H groups in total. The Labute approximate surface area is 102 Å². The molecule has 0 amide bonds. The van der Waals surface area contributed by atoms with Crippen LogP contribution in [-0.4, -0.2) is 53.2 Å². The van der Waals surface area contributed by atoms with Gasteiger partial charge in [0.1, 0.15) is 6.04 Å². The molecule has 5 heteroatoms. The van der Waals surface area contributed by atoms with E-state index in [1.807, 2.05) is 11.8 Å². The summed E-state index contributed by atoms with van der Waals surface area (Å²) >= 11 is 1.81. The van der Waals surface area contributed by atoms with E-state index >= 15 is 0 Å². The average Bonchev–Trinajstić information content (AvgIpc) is 2.29. The number of aliphatic carboxylic acids is 1. The first-order chi connectivity index (χ1) is 7.70. The Kier molecular flexibility index (Phi) is 6.84. The van der Waals surface area contributed by atoms with Crippen LogP contribution in [0.1, 0.15) is 25.7 Å². The van der Waals surface area contributed by atoms with Crippen molar-refractivity contribution in [2.24, 2.45) is 5.73 Å². The zero-order valence-electron chi connectivity index (χ0n) is 9.73. The van der Waals surface area contributed by atoms with Crippen LogP contribution in [0.5, 0.6) is 0 Å². The molecule has 1 heterocycles. The molecule has 1 unspecified atom stereocenters. The van der Waals surface area contributed by atoms with Crippen molar-refractivity contribution < 1.29 is 9.90 Å². The highest BCUT2D eigenvalue weighted by molar-refractivity contribution is 7.99. The fourth-order valence-corrected chi connectivity index (χ4v) is 2.82. The molecule has 0 aliphatic carbocycles. The zero-order valence-corrected chi connectivity index (χ0v) is 10.5. The second-order valence-corrected chi connectivity index (χ2v) is 5.47. The van der Waals surface area contributed by atoms with Gasteiger partial charge in [-0.25, -0.2) is 0 Å². The zero-order chi connectivity index (χ0) is 11.8. The van der Waals surface area contributed by atoms with Crippen molar-refractivity contribution in [1.29, 1.82) is 0 Å². The van der Waals surface area contributed by atoms with Crippen molar-refractivity contribution in [3.63, 3.8) is 0 Å². The van der Waals surface area contributed by atoms with Crippen LogP contribution in [0.15, 0.2) is 0 Å². The predicted molar refractivity (Wildman–Crippen MR) is 67.8 cm³/mol. The van der Waals surface area contributed by atoms with Gasteiger partial charge >= 0.3 is 5.97 Å². The summed E-state index contributed by atoms with van der Waals surface area (Å²) in [5, 5.41) is 8.60. The van der Waals surface area contributed by atoms with Crippen LogP contribution in [0.3, 0.4) is 0 Å². The number of piperidine rings is 1. The van der Waals surface area contributed by atoms with E-state index in [0.717, 1.165) is 18.1 Å². The van der Waals surface area contributed by atoms with Crippen LogP contribution >= 0.6 is 11.8 Å². The third-order valence-electron chi connectivity index (χ3n) is 2.89. The minimum Gasteiger partial charge on any atom is -0.480 e. The van der Waals surface area contributed by atoms with E-state index in [4.69, 9.17) is 10.8 Å². The van der Waals surface area contributed by atoms with E-state index in [1.165, 1.54) is 32.4 Å². The standard InChI is InChI=1S/C11H22N2O2S/c12-10(11(14)15)4-8-16-9-7-13-5-2-1-3-6-13/h10H,1-9,12H2,(H,14,15). The average molecular weight is 246 g/mol. The molecule has 94 valence electrons. The van der Waals surface area contributed by atoms with Crippen LogP contribution < -0.4 is 5.73 Å². The van der Waals surface area contributed by atoms with Crippen LogP contribution in [0, 0.1) is 0 Å². The van der Waals surface area contributed by atoms with Gasteiger partial charge in [0.2, 0.25) is 0 Å². The normalized spacial score (nSPS) is 19.6. The number of thioether (sulfide) groups is 1. The minimum absolute atomic E-state index is 0.569. The first-order valence-electron chi connectivity index (χ1n) is 5.98. The van der Waals surface area contributed by atoms with Gasteiger partial charge in [0.05, 0.1) is 0 Å². The fourth-order valence-electron chi connectivity index (χ4n) is 1.81. The number of hydrogen-bond acceptors (Lipinski definition) is 4. The van der Waals surface area contributed by atoms with Gasteiger partial charge < -0.3 is 15.7 Å². The van der Waals surface area contributed by atoms with Crippen molar-refractivity contribution >= 4 is 17.7 Å². The minimum atomic E-state index is -0.892. The largest absolute Gasteiger partial charge is 0.480 e. The van der Waals surface area contributed by atoms with Crippen molar-refractivity contribution in [3.05, 3.63) is 0 Å². The molecule has 4 nitrogen and oxygen atoms in total. The van der Waals surface area contributed by atoms with Crippen LogP contribution in [0.4, 0.5) is 0 Å². The van der Waals surface area contributed by atoms with Gasteiger partial charge in [-0.15, -0.1) is 0 Å². The molecule has 0 aromatic rings. The Balaban J connectivity index is 1.93. The number of nitrogens with zero attached hydrogens (tertiary/aromatic N) is 1. The highest BCUT2D eigenvalue weighted by Gasteiger charge is 2.11. The third-order valence-corrected chi connectivity index (χ3v) is 3.89. The molecule has 1 aliphatic rings. The molecule has 0 saturated carbocycles. The van der Waals surface area contributed by atoms with Gasteiger partial charge in [0.15, 0.2) is 0 Å². The number of hydrogen-bond donors (Lipinski definition) is 2. The highest BCUT2D eigenvalue weighted by Crippen LogP contribution is 2.10. The first kappa shape index (κ1) is 13.8. The van der Waals surface area contributed by atoms with Gasteiger partial charge in [0.25, 0.3) is 0 Å². The van der Waals surface area contributed by atoms with Gasteiger partial charge in [0, 0.05) is 12.3 Å². The van der Waals surface area contributed by atoms with Crippen LogP contribution in [-0.2, 0) is 4.79 Å². The number of nitrogens with two attached hydrogens (primary N) is 1. The van der Waals surface area contributed by atoms with Gasteiger partial charge in [-0.3, -0.25) is 4.79 Å².